The molecule has 0 radical (unpaired) electrons. The molecule has 1 heterocycles. The van der Waals surface area contributed by atoms with Gasteiger partial charge in [-0.15, -0.1) is 0 Å². The van der Waals surface area contributed by atoms with Crippen molar-refractivity contribution in [2.24, 2.45) is 0 Å². The van der Waals surface area contributed by atoms with E-state index in [-0.39, 0.29) is 11.8 Å². The number of hydrogen-bond acceptors (Lipinski definition) is 4. The molecule has 2 amide bonds. The van der Waals surface area contributed by atoms with Crippen LogP contribution in [0.3, 0.4) is 0 Å². The van der Waals surface area contributed by atoms with E-state index in [4.69, 9.17) is 0 Å². The second-order valence-corrected chi connectivity index (χ2v) is 8.77. The highest BCUT2D eigenvalue weighted by molar-refractivity contribution is 8.04. The number of nitrogens with one attached hydrogen (secondary N) is 1. The molecule has 0 fully saturated rings. The second-order valence-electron chi connectivity index (χ2n) is 6.54. The Morgan fingerprint density at radius 2 is 1.76 bits per heavy atom. The fourth-order valence-corrected chi connectivity index (χ4v) is 5.04. The standard InChI is InChI=1S/C23H22N2O2S2/c1-15(13-16(2)28-21-11-7-5-9-19(21)24-17(3)26)14-23-25(18(4)27)20-10-6-8-12-22(20)29-23/h5-14H,2H2,1,3-4H3,(H,24,26)/b15-13+,23-14?. The van der Waals surface area contributed by atoms with Gasteiger partial charge in [-0.1, -0.05) is 54.4 Å². The van der Waals surface area contributed by atoms with Crippen LogP contribution in [0.15, 0.2) is 92.6 Å². The Bertz CT molecular complexity index is 1040. The summed E-state index contributed by atoms with van der Waals surface area (Å²) < 4.78 is 0. The number of anilines is 2. The number of amides is 2. The smallest absolute Gasteiger partial charge is 0.228 e. The average molecular weight is 423 g/mol. The number of para-hydroxylation sites is 2. The predicted octanol–water partition coefficient (Wildman–Crippen LogP) is 6.20. The van der Waals surface area contributed by atoms with Gasteiger partial charge < -0.3 is 5.32 Å². The molecule has 2 aromatic carbocycles. The van der Waals surface area contributed by atoms with Crippen LogP contribution in [0, 0.1) is 0 Å². The van der Waals surface area contributed by atoms with Crippen LogP contribution in [0.2, 0.25) is 0 Å². The third kappa shape index (κ3) is 5.22. The molecule has 4 nitrogen and oxygen atoms in total. The van der Waals surface area contributed by atoms with Crippen LogP contribution >= 0.6 is 23.5 Å². The summed E-state index contributed by atoms with van der Waals surface area (Å²) in [7, 11) is 0. The largest absolute Gasteiger partial charge is 0.325 e. The minimum absolute atomic E-state index is 0.0149. The monoisotopic (exact) mass is 422 g/mol. The molecule has 1 aliphatic heterocycles. The van der Waals surface area contributed by atoms with E-state index in [1.807, 2.05) is 67.6 Å². The van der Waals surface area contributed by atoms with Crippen LogP contribution in [-0.4, -0.2) is 11.8 Å². The minimum Gasteiger partial charge on any atom is -0.325 e. The third-order valence-corrected chi connectivity index (χ3v) is 6.07. The zero-order valence-electron chi connectivity index (χ0n) is 16.6. The second kappa shape index (κ2) is 9.20. The van der Waals surface area contributed by atoms with Crippen molar-refractivity contribution >= 4 is 46.7 Å². The molecule has 0 spiro atoms. The lowest BCUT2D eigenvalue weighted by atomic mass is 10.2. The molecule has 2 aromatic rings. The Kier molecular flexibility index (Phi) is 6.67. The number of benzene rings is 2. The molecule has 0 aliphatic carbocycles. The van der Waals surface area contributed by atoms with Gasteiger partial charge in [0.15, 0.2) is 0 Å². The Hall–Kier alpha value is -2.70. The van der Waals surface area contributed by atoms with Crippen LogP contribution in [-0.2, 0) is 9.59 Å². The van der Waals surface area contributed by atoms with E-state index in [1.54, 1.807) is 23.6 Å². The van der Waals surface area contributed by atoms with Gasteiger partial charge in [0.1, 0.15) is 0 Å². The Morgan fingerprint density at radius 1 is 1.07 bits per heavy atom. The molecule has 29 heavy (non-hydrogen) atoms. The van der Waals surface area contributed by atoms with Gasteiger partial charge in [-0.3, -0.25) is 14.5 Å². The molecule has 0 saturated carbocycles. The van der Waals surface area contributed by atoms with Gasteiger partial charge in [0.25, 0.3) is 0 Å². The summed E-state index contributed by atoms with van der Waals surface area (Å²) in [6.07, 6.45) is 3.97. The zero-order valence-corrected chi connectivity index (χ0v) is 18.2. The van der Waals surface area contributed by atoms with E-state index >= 15 is 0 Å². The first-order valence-electron chi connectivity index (χ1n) is 9.06. The highest BCUT2D eigenvalue weighted by atomic mass is 32.2. The lowest BCUT2D eigenvalue weighted by molar-refractivity contribution is -0.116. The minimum atomic E-state index is -0.109. The van der Waals surface area contributed by atoms with Gasteiger partial charge in [-0.05, 0) is 48.9 Å². The number of carbonyl (C=O) groups excluding carboxylic acids is 2. The first-order valence-corrected chi connectivity index (χ1v) is 10.7. The van der Waals surface area contributed by atoms with Gasteiger partial charge in [0.2, 0.25) is 11.8 Å². The van der Waals surface area contributed by atoms with Gasteiger partial charge in [0, 0.05) is 28.5 Å². The fraction of sp³-hybridized carbons (Fsp3) is 0.130. The first-order chi connectivity index (χ1) is 13.8. The van der Waals surface area contributed by atoms with E-state index in [1.165, 1.54) is 18.7 Å². The van der Waals surface area contributed by atoms with Gasteiger partial charge >= 0.3 is 0 Å². The van der Waals surface area contributed by atoms with Crippen molar-refractivity contribution in [3.8, 4) is 0 Å². The molecule has 3 rings (SSSR count). The molecular formula is C23H22N2O2S2. The molecule has 148 valence electrons. The highest BCUT2D eigenvalue weighted by Gasteiger charge is 2.27. The van der Waals surface area contributed by atoms with Crippen LogP contribution < -0.4 is 10.2 Å². The molecule has 6 heteroatoms. The molecule has 0 saturated heterocycles. The van der Waals surface area contributed by atoms with E-state index in [2.05, 4.69) is 11.9 Å². The Labute approximate surface area is 179 Å². The zero-order chi connectivity index (χ0) is 21.0. The number of thioether (sulfide) groups is 2. The first kappa shape index (κ1) is 21.0. The van der Waals surface area contributed by atoms with Crippen molar-refractivity contribution in [1.82, 2.24) is 0 Å². The van der Waals surface area contributed by atoms with Crippen molar-refractivity contribution in [2.45, 2.75) is 30.6 Å². The van der Waals surface area contributed by atoms with Gasteiger partial charge in [-0.25, -0.2) is 0 Å². The van der Waals surface area contributed by atoms with E-state index < -0.39 is 0 Å². The van der Waals surface area contributed by atoms with E-state index in [0.717, 1.165) is 36.7 Å². The lowest BCUT2D eigenvalue weighted by Crippen LogP contribution is -2.23. The Morgan fingerprint density at radius 3 is 2.48 bits per heavy atom. The highest BCUT2D eigenvalue weighted by Crippen LogP contribution is 2.46. The van der Waals surface area contributed by atoms with Crippen molar-refractivity contribution in [2.75, 3.05) is 10.2 Å². The van der Waals surface area contributed by atoms with Gasteiger partial charge in [0.05, 0.1) is 16.4 Å². The lowest BCUT2D eigenvalue weighted by Gasteiger charge is -2.16. The number of nitrogens with zero attached hydrogens (tertiary/aromatic N) is 1. The van der Waals surface area contributed by atoms with Crippen LogP contribution in [0.25, 0.3) is 0 Å². The summed E-state index contributed by atoms with van der Waals surface area (Å²) in [6, 6.07) is 15.5. The molecular weight excluding hydrogens is 400 g/mol. The summed E-state index contributed by atoms with van der Waals surface area (Å²) in [4.78, 5) is 28.2. The fourth-order valence-electron chi connectivity index (χ4n) is 2.93. The van der Waals surface area contributed by atoms with Gasteiger partial charge in [-0.2, -0.15) is 0 Å². The quantitative estimate of drug-likeness (QED) is 0.460. The predicted molar refractivity (Wildman–Crippen MR) is 123 cm³/mol. The van der Waals surface area contributed by atoms with Crippen LogP contribution in [0.4, 0.5) is 11.4 Å². The molecule has 1 aliphatic rings. The molecule has 0 unspecified atom stereocenters. The summed E-state index contributed by atoms with van der Waals surface area (Å²) in [5.41, 5.74) is 2.67. The third-order valence-electron chi connectivity index (χ3n) is 4.03. The van der Waals surface area contributed by atoms with Crippen molar-refractivity contribution in [1.29, 1.82) is 0 Å². The summed E-state index contributed by atoms with van der Waals surface area (Å²) in [5.74, 6) is -0.124. The van der Waals surface area contributed by atoms with Crippen molar-refractivity contribution in [3.05, 3.63) is 82.8 Å². The molecule has 0 atom stereocenters. The Balaban J connectivity index is 1.79. The van der Waals surface area contributed by atoms with Crippen LogP contribution in [0.1, 0.15) is 20.8 Å². The topological polar surface area (TPSA) is 49.4 Å². The summed E-state index contributed by atoms with van der Waals surface area (Å²) in [5, 5.41) is 3.72. The maximum atomic E-state index is 12.2. The molecule has 1 N–H and O–H groups in total. The molecule has 0 aromatic heterocycles. The van der Waals surface area contributed by atoms with E-state index in [0.29, 0.717) is 0 Å². The van der Waals surface area contributed by atoms with Crippen molar-refractivity contribution < 1.29 is 9.59 Å². The number of hydrogen-bond donors (Lipinski definition) is 1. The maximum absolute atomic E-state index is 12.2. The SMILES string of the molecule is C=C(/C=C(\C)C=C1Sc2ccccc2N1C(C)=O)Sc1ccccc1NC(C)=O. The van der Waals surface area contributed by atoms with Crippen LogP contribution in [0.5, 0.6) is 0 Å². The normalized spacial score (nSPS) is 14.7. The van der Waals surface area contributed by atoms with E-state index in [9.17, 15) is 9.59 Å². The number of rotatable bonds is 5. The molecule has 0 bridgehead atoms. The summed E-state index contributed by atoms with van der Waals surface area (Å²) >= 11 is 3.07. The number of allylic oxidation sites excluding steroid dienone is 3. The van der Waals surface area contributed by atoms with Crippen molar-refractivity contribution in [3.63, 3.8) is 0 Å². The summed E-state index contributed by atoms with van der Waals surface area (Å²) in [6.45, 7) is 9.19. The number of fused-ring (bicyclic) bond motifs is 1. The average Bonchev–Trinajstić information content (AvgIpc) is 3.00. The number of carbonyl (C=O) groups is 2. The maximum Gasteiger partial charge on any atom is 0.228 e.